The van der Waals surface area contributed by atoms with Gasteiger partial charge in [0.15, 0.2) is 11.6 Å². The fourth-order valence-corrected chi connectivity index (χ4v) is 4.10. The molecule has 2 heterocycles. The molecule has 1 saturated heterocycles. The number of likely N-dealkylation sites (tertiary alicyclic amines) is 1. The number of aromatic nitrogens is 1. The van der Waals surface area contributed by atoms with Gasteiger partial charge in [0, 0.05) is 31.5 Å². The zero-order valence-corrected chi connectivity index (χ0v) is 16.0. The van der Waals surface area contributed by atoms with Crippen LogP contribution < -0.4 is 9.47 Å². The Labute approximate surface area is 164 Å². The van der Waals surface area contributed by atoms with Crippen molar-refractivity contribution in [2.24, 2.45) is 0 Å². The molecule has 2 aromatic carbocycles. The van der Waals surface area contributed by atoms with Crippen molar-refractivity contribution < 1.29 is 23.0 Å². The van der Waals surface area contributed by atoms with Crippen LogP contribution in [0, 0.1) is 11.6 Å². The average Bonchev–Trinajstić information content (AvgIpc) is 3.11. The maximum Gasteiger partial charge on any atom is 0.274 e. The minimum atomic E-state index is -1.02. The lowest BCUT2D eigenvalue weighted by Gasteiger charge is -2.31. The second-order valence-electron chi connectivity index (χ2n) is 6.55. The zero-order valence-electron chi connectivity index (χ0n) is 15.2. The van der Waals surface area contributed by atoms with Crippen LogP contribution in [0.25, 0.3) is 10.2 Å². The molecule has 3 aromatic rings. The number of carbonyl (C=O) groups is 1. The molecule has 1 aromatic heterocycles. The van der Waals surface area contributed by atoms with Crippen molar-refractivity contribution in [2.75, 3.05) is 20.2 Å². The van der Waals surface area contributed by atoms with E-state index in [0.717, 1.165) is 28.1 Å². The summed E-state index contributed by atoms with van der Waals surface area (Å²) >= 11 is 1.46. The Kier molecular flexibility index (Phi) is 5.13. The first-order valence-corrected chi connectivity index (χ1v) is 9.70. The van der Waals surface area contributed by atoms with Gasteiger partial charge in [-0.05, 0) is 36.4 Å². The van der Waals surface area contributed by atoms with E-state index in [1.807, 2.05) is 18.2 Å². The van der Waals surface area contributed by atoms with E-state index in [0.29, 0.717) is 31.1 Å². The number of halogens is 2. The molecule has 5 nitrogen and oxygen atoms in total. The molecular weight excluding hydrogens is 386 g/mol. The Morgan fingerprint density at radius 2 is 1.93 bits per heavy atom. The van der Waals surface area contributed by atoms with Crippen LogP contribution in [-0.4, -0.2) is 42.1 Å². The summed E-state index contributed by atoms with van der Waals surface area (Å²) in [5.41, 5.74) is 1.00. The first kappa shape index (κ1) is 18.6. The number of fused-ring (bicyclic) bond motifs is 1. The molecule has 0 N–H and O–H groups in total. The van der Waals surface area contributed by atoms with Gasteiger partial charge in [-0.15, -0.1) is 0 Å². The SMILES string of the molecule is COc1ccc2nc(OC3CCN(C(=O)c4ccc(F)c(F)c4)CC3)sc2c1. The van der Waals surface area contributed by atoms with Crippen LogP contribution in [0.4, 0.5) is 8.78 Å². The second-order valence-corrected chi connectivity index (χ2v) is 7.54. The smallest absolute Gasteiger partial charge is 0.274 e. The van der Waals surface area contributed by atoms with Gasteiger partial charge in [-0.2, -0.15) is 0 Å². The highest BCUT2D eigenvalue weighted by Crippen LogP contribution is 2.32. The van der Waals surface area contributed by atoms with Gasteiger partial charge in [-0.1, -0.05) is 11.3 Å². The third-order valence-corrected chi connectivity index (χ3v) is 5.65. The standard InChI is InChI=1S/C20H18F2N2O3S/c1-26-14-3-5-17-18(11-14)28-20(23-17)27-13-6-8-24(9-7-13)19(25)12-2-4-15(21)16(22)10-12/h2-5,10-11,13H,6-9H2,1H3. The van der Waals surface area contributed by atoms with Gasteiger partial charge in [0.1, 0.15) is 11.9 Å². The van der Waals surface area contributed by atoms with Gasteiger partial charge in [-0.25, -0.2) is 13.8 Å². The Morgan fingerprint density at radius 1 is 1.14 bits per heavy atom. The van der Waals surface area contributed by atoms with E-state index in [1.165, 1.54) is 17.4 Å². The summed E-state index contributed by atoms with van der Waals surface area (Å²) in [7, 11) is 1.62. The maximum absolute atomic E-state index is 13.4. The van der Waals surface area contributed by atoms with Crippen LogP contribution in [0.15, 0.2) is 36.4 Å². The number of carbonyl (C=O) groups excluding carboxylic acids is 1. The van der Waals surface area contributed by atoms with E-state index < -0.39 is 11.6 Å². The predicted octanol–water partition coefficient (Wildman–Crippen LogP) is 4.27. The van der Waals surface area contributed by atoms with Gasteiger partial charge in [0.2, 0.25) is 0 Å². The van der Waals surface area contributed by atoms with Gasteiger partial charge in [-0.3, -0.25) is 4.79 Å². The van der Waals surface area contributed by atoms with Gasteiger partial charge >= 0.3 is 0 Å². The van der Waals surface area contributed by atoms with Crippen LogP contribution in [-0.2, 0) is 0 Å². The fourth-order valence-electron chi connectivity index (χ4n) is 3.19. The van der Waals surface area contributed by atoms with Crippen LogP contribution in [0.1, 0.15) is 23.2 Å². The number of piperidine rings is 1. The summed E-state index contributed by atoms with van der Waals surface area (Å²) in [6, 6.07) is 8.88. The number of ether oxygens (including phenoxy) is 2. The fraction of sp³-hybridized carbons (Fsp3) is 0.300. The molecule has 0 spiro atoms. The van der Waals surface area contributed by atoms with Crippen LogP contribution in [0.3, 0.4) is 0 Å². The molecule has 1 aliphatic rings. The molecular formula is C20H18F2N2O3S. The molecule has 1 fully saturated rings. The lowest BCUT2D eigenvalue weighted by Crippen LogP contribution is -2.41. The highest BCUT2D eigenvalue weighted by Gasteiger charge is 2.26. The van der Waals surface area contributed by atoms with Crippen molar-refractivity contribution in [3.8, 4) is 10.9 Å². The van der Waals surface area contributed by atoms with E-state index in [9.17, 15) is 13.6 Å². The second kappa shape index (κ2) is 7.71. The molecule has 0 unspecified atom stereocenters. The summed E-state index contributed by atoms with van der Waals surface area (Å²) in [5.74, 6) is -1.51. The average molecular weight is 404 g/mol. The van der Waals surface area contributed by atoms with Crippen LogP contribution in [0.2, 0.25) is 0 Å². The molecule has 0 aliphatic carbocycles. The zero-order chi connectivity index (χ0) is 19.7. The number of rotatable bonds is 4. The van der Waals surface area contributed by atoms with Crippen molar-refractivity contribution in [2.45, 2.75) is 18.9 Å². The Bertz CT molecular complexity index is 1020. The monoisotopic (exact) mass is 404 g/mol. The molecule has 146 valence electrons. The van der Waals surface area contributed by atoms with Crippen molar-refractivity contribution in [1.29, 1.82) is 0 Å². The number of benzene rings is 2. The molecule has 4 rings (SSSR count). The summed E-state index contributed by atoms with van der Waals surface area (Å²) in [5, 5.41) is 0.591. The summed E-state index contributed by atoms with van der Waals surface area (Å²) in [6.07, 6.45) is 1.25. The van der Waals surface area contributed by atoms with Crippen LogP contribution in [0.5, 0.6) is 10.9 Å². The van der Waals surface area contributed by atoms with Crippen molar-refractivity contribution in [1.82, 2.24) is 9.88 Å². The number of thiazole rings is 1. The third-order valence-electron chi connectivity index (χ3n) is 4.74. The number of methoxy groups -OCH3 is 1. The molecule has 1 aliphatic heterocycles. The molecule has 0 bridgehead atoms. The normalized spacial score (nSPS) is 15.0. The summed E-state index contributed by atoms with van der Waals surface area (Å²) in [4.78, 5) is 18.6. The first-order valence-electron chi connectivity index (χ1n) is 8.89. The van der Waals surface area contributed by atoms with Gasteiger partial charge in [0.25, 0.3) is 11.1 Å². The van der Waals surface area contributed by atoms with E-state index in [4.69, 9.17) is 9.47 Å². The third kappa shape index (κ3) is 3.77. The number of amides is 1. The number of hydrogen-bond donors (Lipinski definition) is 0. The molecule has 8 heteroatoms. The Balaban J connectivity index is 1.37. The first-order chi connectivity index (χ1) is 13.5. The van der Waals surface area contributed by atoms with Gasteiger partial charge < -0.3 is 14.4 Å². The summed E-state index contributed by atoms with van der Waals surface area (Å²) in [6.45, 7) is 0.975. The Hall–Kier alpha value is -2.74. The van der Waals surface area contributed by atoms with E-state index >= 15 is 0 Å². The summed E-state index contributed by atoms with van der Waals surface area (Å²) < 4.78 is 38.6. The number of hydrogen-bond acceptors (Lipinski definition) is 5. The molecule has 0 saturated carbocycles. The predicted molar refractivity (Wildman–Crippen MR) is 102 cm³/mol. The van der Waals surface area contributed by atoms with Crippen molar-refractivity contribution in [3.63, 3.8) is 0 Å². The number of nitrogens with zero attached hydrogens (tertiary/aromatic N) is 2. The molecule has 28 heavy (non-hydrogen) atoms. The minimum Gasteiger partial charge on any atom is -0.497 e. The van der Waals surface area contributed by atoms with E-state index in [1.54, 1.807) is 12.0 Å². The van der Waals surface area contributed by atoms with E-state index in [2.05, 4.69) is 4.98 Å². The van der Waals surface area contributed by atoms with Crippen molar-refractivity contribution >= 4 is 27.5 Å². The van der Waals surface area contributed by atoms with Crippen LogP contribution >= 0.6 is 11.3 Å². The Morgan fingerprint density at radius 3 is 2.64 bits per heavy atom. The molecule has 1 amide bonds. The van der Waals surface area contributed by atoms with Crippen molar-refractivity contribution in [3.05, 3.63) is 53.6 Å². The maximum atomic E-state index is 13.4. The van der Waals surface area contributed by atoms with E-state index in [-0.39, 0.29) is 17.6 Å². The highest BCUT2D eigenvalue weighted by atomic mass is 32.1. The highest BCUT2D eigenvalue weighted by molar-refractivity contribution is 7.20. The molecule has 0 radical (unpaired) electrons. The topological polar surface area (TPSA) is 51.7 Å². The largest absolute Gasteiger partial charge is 0.497 e. The van der Waals surface area contributed by atoms with Gasteiger partial charge in [0.05, 0.1) is 17.3 Å². The lowest BCUT2D eigenvalue weighted by atomic mass is 10.1. The lowest BCUT2D eigenvalue weighted by molar-refractivity contribution is 0.0595. The quantitative estimate of drug-likeness (QED) is 0.652. The minimum absolute atomic E-state index is 0.0449. The molecule has 0 atom stereocenters.